The molecule has 4 heteroatoms. The first-order valence-electron chi connectivity index (χ1n) is 4.56. The molecule has 0 aromatic carbocycles. The lowest BCUT2D eigenvalue weighted by molar-refractivity contribution is 0.469. The molecular formula is C9H13BrN2S. The summed E-state index contributed by atoms with van der Waals surface area (Å²) in [5, 5.41) is 0.863. The second-order valence-corrected chi connectivity index (χ2v) is 5.07. The van der Waals surface area contributed by atoms with Crippen LogP contribution < -0.4 is 0 Å². The maximum Gasteiger partial charge on any atom is 0.0952 e. The number of hydrogen-bond donors (Lipinski definition) is 0. The summed E-state index contributed by atoms with van der Waals surface area (Å²) >= 11 is 5.48. The van der Waals surface area contributed by atoms with Gasteiger partial charge in [0.2, 0.25) is 0 Å². The summed E-state index contributed by atoms with van der Waals surface area (Å²) in [5.74, 6) is 2.60. The number of thioether (sulfide) groups is 1. The fourth-order valence-electron chi connectivity index (χ4n) is 1.63. The van der Waals surface area contributed by atoms with Gasteiger partial charge >= 0.3 is 0 Å². The highest BCUT2D eigenvalue weighted by molar-refractivity contribution is 9.08. The number of alkyl halides is 1. The molecule has 0 N–H and O–H groups in total. The molecule has 0 spiro atoms. The van der Waals surface area contributed by atoms with Gasteiger partial charge in [-0.1, -0.05) is 15.9 Å². The average Bonchev–Trinajstić information content (AvgIpc) is 2.67. The average molecular weight is 261 g/mol. The standard InChI is InChI=1S/C9H13BrN2S/c10-5-8-6-12(7-11-8)9-1-3-13-4-2-9/h6-7,9H,1-5H2. The Hall–Kier alpha value is 0.0400. The van der Waals surface area contributed by atoms with Crippen molar-refractivity contribution in [1.29, 1.82) is 0 Å². The van der Waals surface area contributed by atoms with E-state index in [9.17, 15) is 0 Å². The summed E-state index contributed by atoms with van der Waals surface area (Å²) in [6, 6.07) is 0.696. The number of aromatic nitrogens is 2. The molecule has 0 radical (unpaired) electrons. The second kappa shape index (κ2) is 4.51. The molecule has 1 aromatic rings. The van der Waals surface area contributed by atoms with Crippen LogP contribution in [0.5, 0.6) is 0 Å². The number of imidazole rings is 1. The van der Waals surface area contributed by atoms with Crippen LogP contribution in [0.4, 0.5) is 0 Å². The van der Waals surface area contributed by atoms with E-state index in [1.165, 1.54) is 24.3 Å². The van der Waals surface area contributed by atoms with Gasteiger partial charge in [0.15, 0.2) is 0 Å². The van der Waals surface area contributed by atoms with E-state index in [0.717, 1.165) is 11.0 Å². The lowest BCUT2D eigenvalue weighted by atomic mass is 10.1. The molecule has 1 aliphatic heterocycles. The van der Waals surface area contributed by atoms with Crippen LogP contribution in [0.2, 0.25) is 0 Å². The van der Waals surface area contributed by atoms with Gasteiger partial charge < -0.3 is 4.57 Å². The Morgan fingerprint density at radius 3 is 2.92 bits per heavy atom. The van der Waals surface area contributed by atoms with Gasteiger partial charge in [0.1, 0.15) is 0 Å². The lowest BCUT2D eigenvalue weighted by Gasteiger charge is -2.22. The number of rotatable bonds is 2. The van der Waals surface area contributed by atoms with Crippen LogP contribution in [0, 0.1) is 0 Å². The van der Waals surface area contributed by atoms with Gasteiger partial charge in [-0.05, 0) is 24.3 Å². The first kappa shape index (κ1) is 9.59. The molecule has 2 rings (SSSR count). The van der Waals surface area contributed by atoms with Gasteiger partial charge in [-0.15, -0.1) is 0 Å². The highest BCUT2D eigenvalue weighted by Crippen LogP contribution is 2.26. The van der Waals surface area contributed by atoms with Crippen molar-refractivity contribution in [3.05, 3.63) is 18.2 Å². The van der Waals surface area contributed by atoms with E-state index in [2.05, 4.69) is 43.4 Å². The monoisotopic (exact) mass is 260 g/mol. The fraction of sp³-hybridized carbons (Fsp3) is 0.667. The first-order valence-corrected chi connectivity index (χ1v) is 6.84. The van der Waals surface area contributed by atoms with E-state index >= 15 is 0 Å². The zero-order valence-corrected chi connectivity index (χ0v) is 9.85. The topological polar surface area (TPSA) is 17.8 Å². The SMILES string of the molecule is BrCc1cn(C2CCSCC2)cn1. The third-order valence-corrected chi connectivity index (χ3v) is 4.03. The van der Waals surface area contributed by atoms with Crippen LogP contribution in [0.25, 0.3) is 0 Å². The van der Waals surface area contributed by atoms with Crippen LogP contribution in [0.15, 0.2) is 12.5 Å². The molecule has 0 bridgehead atoms. The Morgan fingerprint density at radius 2 is 2.31 bits per heavy atom. The zero-order valence-electron chi connectivity index (χ0n) is 7.45. The van der Waals surface area contributed by atoms with E-state index in [1.807, 2.05) is 6.33 Å². The molecular weight excluding hydrogens is 248 g/mol. The Bertz CT molecular complexity index is 268. The largest absolute Gasteiger partial charge is 0.334 e. The van der Waals surface area contributed by atoms with E-state index in [-0.39, 0.29) is 0 Å². The summed E-state index contributed by atoms with van der Waals surface area (Å²) in [7, 11) is 0. The van der Waals surface area contributed by atoms with Crippen molar-refractivity contribution in [2.75, 3.05) is 11.5 Å². The van der Waals surface area contributed by atoms with Crippen LogP contribution >= 0.6 is 27.7 Å². The van der Waals surface area contributed by atoms with Crippen molar-refractivity contribution in [3.8, 4) is 0 Å². The molecule has 2 heterocycles. The van der Waals surface area contributed by atoms with Crippen molar-refractivity contribution >= 4 is 27.7 Å². The minimum Gasteiger partial charge on any atom is -0.334 e. The third kappa shape index (κ3) is 2.29. The van der Waals surface area contributed by atoms with Crippen molar-refractivity contribution in [3.63, 3.8) is 0 Å². The Balaban J connectivity index is 2.05. The molecule has 0 amide bonds. The molecule has 72 valence electrons. The molecule has 1 fully saturated rings. The van der Waals surface area contributed by atoms with Gasteiger partial charge in [0.05, 0.1) is 12.0 Å². The zero-order chi connectivity index (χ0) is 9.10. The van der Waals surface area contributed by atoms with Gasteiger partial charge in [0.25, 0.3) is 0 Å². The molecule has 2 nitrogen and oxygen atoms in total. The van der Waals surface area contributed by atoms with Crippen LogP contribution in [-0.2, 0) is 5.33 Å². The summed E-state index contributed by atoms with van der Waals surface area (Å²) in [6.07, 6.45) is 6.72. The Labute approximate surface area is 91.2 Å². The van der Waals surface area contributed by atoms with E-state index in [1.54, 1.807) is 0 Å². The Kier molecular flexibility index (Phi) is 3.33. The van der Waals surface area contributed by atoms with E-state index in [4.69, 9.17) is 0 Å². The van der Waals surface area contributed by atoms with Gasteiger partial charge in [-0.2, -0.15) is 11.8 Å². The summed E-state index contributed by atoms with van der Waals surface area (Å²) in [5.41, 5.74) is 1.14. The molecule has 1 aliphatic rings. The van der Waals surface area contributed by atoms with Crippen LogP contribution in [0.3, 0.4) is 0 Å². The quantitative estimate of drug-likeness (QED) is 0.762. The van der Waals surface area contributed by atoms with Crippen LogP contribution in [-0.4, -0.2) is 21.1 Å². The first-order chi connectivity index (χ1) is 6.40. The van der Waals surface area contributed by atoms with Crippen molar-refractivity contribution in [2.45, 2.75) is 24.2 Å². The predicted molar refractivity (Wildman–Crippen MR) is 60.5 cm³/mol. The summed E-state index contributed by atoms with van der Waals surface area (Å²) in [6.45, 7) is 0. The van der Waals surface area contributed by atoms with Gasteiger partial charge in [-0.3, -0.25) is 0 Å². The van der Waals surface area contributed by atoms with Crippen molar-refractivity contribution < 1.29 is 0 Å². The molecule has 0 saturated carbocycles. The normalized spacial score (nSPS) is 19.2. The smallest absolute Gasteiger partial charge is 0.0952 e. The van der Waals surface area contributed by atoms with E-state index < -0.39 is 0 Å². The van der Waals surface area contributed by atoms with Crippen molar-refractivity contribution in [1.82, 2.24) is 9.55 Å². The third-order valence-electron chi connectivity index (χ3n) is 2.40. The minimum atomic E-state index is 0.696. The number of nitrogens with zero attached hydrogens (tertiary/aromatic N) is 2. The Morgan fingerprint density at radius 1 is 1.54 bits per heavy atom. The minimum absolute atomic E-state index is 0.696. The maximum absolute atomic E-state index is 4.32. The predicted octanol–water partition coefficient (Wildman–Crippen LogP) is 2.85. The fourth-order valence-corrected chi connectivity index (χ4v) is 3.00. The maximum atomic E-state index is 4.32. The molecule has 0 aliphatic carbocycles. The van der Waals surface area contributed by atoms with Gasteiger partial charge in [-0.25, -0.2) is 4.98 Å². The molecule has 0 atom stereocenters. The second-order valence-electron chi connectivity index (χ2n) is 3.29. The number of halogens is 1. The van der Waals surface area contributed by atoms with Gasteiger partial charge in [0, 0.05) is 17.6 Å². The van der Waals surface area contributed by atoms with Crippen LogP contribution in [0.1, 0.15) is 24.6 Å². The van der Waals surface area contributed by atoms with Crippen molar-refractivity contribution in [2.24, 2.45) is 0 Å². The lowest BCUT2D eigenvalue weighted by Crippen LogP contribution is -2.13. The molecule has 1 aromatic heterocycles. The molecule has 13 heavy (non-hydrogen) atoms. The number of hydrogen-bond acceptors (Lipinski definition) is 2. The summed E-state index contributed by atoms with van der Waals surface area (Å²) in [4.78, 5) is 4.32. The summed E-state index contributed by atoms with van der Waals surface area (Å²) < 4.78 is 2.27. The highest BCUT2D eigenvalue weighted by Gasteiger charge is 2.15. The molecule has 0 unspecified atom stereocenters. The molecule has 1 saturated heterocycles. The highest BCUT2D eigenvalue weighted by atomic mass is 79.9. The van der Waals surface area contributed by atoms with E-state index in [0.29, 0.717) is 6.04 Å².